The largest absolute Gasteiger partial charge is 0.493 e. The zero-order valence-corrected chi connectivity index (χ0v) is 21.4. The minimum atomic E-state index is -0.746. The Hall–Kier alpha value is -3.62. The molecule has 1 saturated carbocycles. The molecule has 1 aliphatic carbocycles. The number of imidazole rings is 1. The SMILES string of the molecule is COC(=O)N1c2ccc3c(nc(Cc4cccc(F)c4OC)n3C3CCC(C(=O)O)CC3)c2CC[C@@H]1C. The van der Waals surface area contributed by atoms with E-state index in [2.05, 4.69) is 4.57 Å². The quantitative estimate of drug-likeness (QED) is 0.488. The van der Waals surface area contributed by atoms with E-state index in [0.717, 1.165) is 53.8 Å². The van der Waals surface area contributed by atoms with Crippen molar-refractivity contribution in [3.05, 3.63) is 53.1 Å². The summed E-state index contributed by atoms with van der Waals surface area (Å²) >= 11 is 0. The van der Waals surface area contributed by atoms with Gasteiger partial charge in [0.1, 0.15) is 5.82 Å². The second-order valence-electron chi connectivity index (χ2n) is 10.0. The van der Waals surface area contributed by atoms with Crippen molar-refractivity contribution in [2.24, 2.45) is 5.92 Å². The molecule has 3 aromatic rings. The maximum atomic E-state index is 14.5. The first kappa shape index (κ1) is 25.0. The summed E-state index contributed by atoms with van der Waals surface area (Å²) in [6, 6.07) is 8.90. The first-order valence-corrected chi connectivity index (χ1v) is 12.8. The lowest BCUT2D eigenvalue weighted by Gasteiger charge is -2.34. The van der Waals surface area contributed by atoms with E-state index in [-0.39, 0.29) is 23.8 Å². The van der Waals surface area contributed by atoms with Crippen LogP contribution in [0.5, 0.6) is 5.75 Å². The zero-order chi connectivity index (χ0) is 26.3. The van der Waals surface area contributed by atoms with Crippen LogP contribution in [0.15, 0.2) is 30.3 Å². The van der Waals surface area contributed by atoms with Crippen molar-refractivity contribution in [1.29, 1.82) is 0 Å². The highest BCUT2D eigenvalue weighted by Gasteiger charge is 2.34. The number of nitrogens with zero attached hydrogens (tertiary/aromatic N) is 3. The molecule has 0 unspecified atom stereocenters. The van der Waals surface area contributed by atoms with Gasteiger partial charge in [0.25, 0.3) is 0 Å². The fourth-order valence-corrected chi connectivity index (χ4v) is 6.03. The minimum Gasteiger partial charge on any atom is -0.493 e. The minimum absolute atomic E-state index is 0.00167. The van der Waals surface area contributed by atoms with E-state index in [9.17, 15) is 19.1 Å². The third kappa shape index (κ3) is 4.40. The molecule has 1 atom stereocenters. The number of hydrogen-bond acceptors (Lipinski definition) is 5. The first-order valence-electron chi connectivity index (χ1n) is 12.8. The van der Waals surface area contributed by atoms with Crippen LogP contribution in [0, 0.1) is 11.7 Å². The van der Waals surface area contributed by atoms with Gasteiger partial charge in [-0.3, -0.25) is 9.69 Å². The van der Waals surface area contributed by atoms with Crippen molar-refractivity contribution in [2.75, 3.05) is 19.1 Å². The molecule has 1 aliphatic heterocycles. The molecule has 2 aliphatic rings. The van der Waals surface area contributed by atoms with Crippen molar-refractivity contribution in [3.63, 3.8) is 0 Å². The van der Waals surface area contributed by atoms with Gasteiger partial charge < -0.3 is 19.1 Å². The number of anilines is 1. The van der Waals surface area contributed by atoms with Crippen LogP contribution in [0.2, 0.25) is 0 Å². The smallest absolute Gasteiger partial charge is 0.414 e. The Morgan fingerprint density at radius 2 is 1.86 bits per heavy atom. The molecule has 2 heterocycles. The lowest BCUT2D eigenvalue weighted by atomic mass is 9.85. The van der Waals surface area contributed by atoms with E-state index in [0.29, 0.717) is 24.8 Å². The zero-order valence-electron chi connectivity index (χ0n) is 21.4. The maximum absolute atomic E-state index is 14.5. The highest BCUT2D eigenvalue weighted by atomic mass is 19.1. The number of hydrogen-bond donors (Lipinski definition) is 1. The van der Waals surface area contributed by atoms with Crippen LogP contribution in [0.3, 0.4) is 0 Å². The summed E-state index contributed by atoms with van der Waals surface area (Å²) in [5, 5.41) is 9.49. The fraction of sp³-hybridized carbons (Fsp3) is 0.464. The number of carbonyl (C=O) groups is 2. The Morgan fingerprint density at radius 1 is 1.11 bits per heavy atom. The van der Waals surface area contributed by atoms with Gasteiger partial charge in [-0.05, 0) is 63.6 Å². The van der Waals surface area contributed by atoms with E-state index in [1.54, 1.807) is 11.0 Å². The molecule has 1 aromatic heterocycles. The molecule has 1 fully saturated rings. The van der Waals surface area contributed by atoms with Crippen molar-refractivity contribution >= 4 is 28.8 Å². The number of carboxylic acid groups (broad SMARTS) is 1. The number of halogens is 1. The van der Waals surface area contributed by atoms with Crippen LogP contribution in [0.1, 0.15) is 62.0 Å². The van der Waals surface area contributed by atoms with Crippen molar-refractivity contribution in [1.82, 2.24) is 9.55 Å². The number of ether oxygens (including phenoxy) is 2. The normalized spacial score (nSPS) is 21.5. The topological polar surface area (TPSA) is 93.9 Å². The number of benzene rings is 2. The Balaban J connectivity index is 1.64. The number of aromatic nitrogens is 2. The molecule has 1 N–H and O–H groups in total. The van der Waals surface area contributed by atoms with E-state index in [1.807, 2.05) is 25.1 Å². The van der Waals surface area contributed by atoms with Gasteiger partial charge >= 0.3 is 12.1 Å². The molecule has 196 valence electrons. The Kier molecular flexibility index (Phi) is 6.79. The second-order valence-corrected chi connectivity index (χ2v) is 10.0. The van der Waals surface area contributed by atoms with Crippen LogP contribution in [0.25, 0.3) is 11.0 Å². The molecular weight excluding hydrogens is 477 g/mol. The monoisotopic (exact) mass is 509 g/mol. The lowest BCUT2D eigenvalue weighted by molar-refractivity contribution is -0.143. The Morgan fingerprint density at radius 3 is 2.54 bits per heavy atom. The number of carboxylic acids is 1. The predicted molar refractivity (Wildman–Crippen MR) is 137 cm³/mol. The van der Waals surface area contributed by atoms with Gasteiger partial charge in [0.2, 0.25) is 0 Å². The molecule has 0 radical (unpaired) electrons. The van der Waals surface area contributed by atoms with Crippen LogP contribution in [0.4, 0.5) is 14.9 Å². The second kappa shape index (κ2) is 10.0. The summed E-state index contributed by atoms with van der Waals surface area (Å²) in [4.78, 5) is 30.9. The van der Waals surface area contributed by atoms with Crippen molar-refractivity contribution in [2.45, 2.75) is 64.0 Å². The predicted octanol–water partition coefficient (Wildman–Crippen LogP) is 5.50. The summed E-state index contributed by atoms with van der Waals surface area (Å²) in [6.45, 7) is 2.01. The molecule has 8 nitrogen and oxygen atoms in total. The third-order valence-corrected chi connectivity index (χ3v) is 7.91. The van der Waals surface area contributed by atoms with Crippen molar-refractivity contribution in [3.8, 4) is 5.75 Å². The maximum Gasteiger partial charge on any atom is 0.414 e. The Bertz CT molecular complexity index is 1350. The lowest BCUT2D eigenvalue weighted by Crippen LogP contribution is -2.42. The molecule has 5 rings (SSSR count). The number of rotatable bonds is 5. The van der Waals surface area contributed by atoms with Crippen molar-refractivity contribution < 1.29 is 28.6 Å². The van der Waals surface area contributed by atoms with Gasteiger partial charge in [-0.15, -0.1) is 0 Å². The Labute approximate surface area is 215 Å². The highest BCUT2D eigenvalue weighted by Crippen LogP contribution is 2.41. The first-order chi connectivity index (χ1) is 17.8. The highest BCUT2D eigenvalue weighted by molar-refractivity contribution is 5.95. The van der Waals surface area contributed by atoms with Gasteiger partial charge in [-0.2, -0.15) is 0 Å². The molecule has 0 spiro atoms. The average Bonchev–Trinajstić information content (AvgIpc) is 3.26. The van der Waals surface area contributed by atoms with Crippen LogP contribution in [-0.4, -0.2) is 47.0 Å². The summed E-state index contributed by atoms with van der Waals surface area (Å²) < 4.78 is 27.1. The van der Waals surface area contributed by atoms with Gasteiger partial charge in [-0.1, -0.05) is 12.1 Å². The van der Waals surface area contributed by atoms with Gasteiger partial charge in [0, 0.05) is 29.6 Å². The van der Waals surface area contributed by atoms with Gasteiger partial charge in [0.05, 0.1) is 36.9 Å². The molecule has 2 aromatic carbocycles. The number of aryl methyl sites for hydroxylation is 1. The van der Waals surface area contributed by atoms with E-state index >= 15 is 0 Å². The van der Waals surface area contributed by atoms with E-state index in [4.69, 9.17) is 14.5 Å². The number of fused-ring (bicyclic) bond motifs is 3. The molecular formula is C28H32FN3O5. The van der Waals surface area contributed by atoms with Gasteiger partial charge in [-0.25, -0.2) is 14.2 Å². The summed E-state index contributed by atoms with van der Waals surface area (Å²) in [5.41, 5.74) is 4.25. The number of para-hydroxylation sites is 1. The third-order valence-electron chi connectivity index (χ3n) is 7.91. The molecule has 37 heavy (non-hydrogen) atoms. The molecule has 1 amide bonds. The van der Waals surface area contributed by atoms with Crippen LogP contribution < -0.4 is 9.64 Å². The van der Waals surface area contributed by atoms with Crippen LogP contribution >= 0.6 is 0 Å². The number of amides is 1. The van der Waals surface area contributed by atoms with E-state index < -0.39 is 17.9 Å². The number of carbonyl (C=O) groups excluding carboxylic acids is 1. The van der Waals surface area contributed by atoms with Gasteiger partial charge in [0.15, 0.2) is 11.6 Å². The number of aliphatic carboxylic acids is 1. The average molecular weight is 510 g/mol. The fourth-order valence-electron chi connectivity index (χ4n) is 6.03. The number of methoxy groups -OCH3 is 2. The summed E-state index contributed by atoms with van der Waals surface area (Å²) in [5.74, 6) is -0.534. The molecule has 9 heteroatoms. The van der Waals surface area contributed by atoms with Crippen LogP contribution in [-0.2, 0) is 22.4 Å². The standard InChI is InChI=1S/C28H32FN3O5/c1-16-7-12-20-22(31(16)28(35)37-3)13-14-23-25(20)30-24(15-18-5-4-6-21(29)26(18)36-2)32(23)19-10-8-17(9-11-19)27(33)34/h4-6,13-14,16-17,19H,7-12,15H2,1-3H3,(H,33,34)/t16-,17?,19?/m0/s1. The van der Waals surface area contributed by atoms with E-state index in [1.165, 1.54) is 20.3 Å². The molecule has 0 saturated heterocycles. The molecule has 0 bridgehead atoms. The summed E-state index contributed by atoms with van der Waals surface area (Å²) in [6.07, 6.45) is 4.15. The summed E-state index contributed by atoms with van der Waals surface area (Å²) in [7, 11) is 2.84.